The second-order valence-corrected chi connectivity index (χ2v) is 5.73. The maximum atomic E-state index is 5.07. The summed E-state index contributed by atoms with van der Waals surface area (Å²) in [7, 11) is 1.71. The molecule has 0 radical (unpaired) electrons. The van der Waals surface area contributed by atoms with Gasteiger partial charge in [0.1, 0.15) is 0 Å². The summed E-state index contributed by atoms with van der Waals surface area (Å²) in [6.07, 6.45) is 7.67. The monoisotopic (exact) mass is 285 g/mol. The highest BCUT2D eigenvalue weighted by Gasteiger charge is 2.13. The third-order valence-corrected chi connectivity index (χ3v) is 4.16. The Bertz CT molecular complexity index is 606. The van der Waals surface area contributed by atoms with Crippen molar-refractivity contribution >= 4 is 5.69 Å². The Hall–Kier alpha value is -1.81. The lowest BCUT2D eigenvalue weighted by atomic mass is 10.0. The van der Waals surface area contributed by atoms with Crippen LogP contribution in [0.3, 0.4) is 0 Å². The van der Waals surface area contributed by atoms with E-state index in [4.69, 9.17) is 4.74 Å². The molecule has 1 aromatic carbocycles. The van der Waals surface area contributed by atoms with E-state index in [1.54, 1.807) is 7.11 Å². The zero-order valence-corrected chi connectivity index (χ0v) is 12.8. The lowest BCUT2D eigenvalue weighted by molar-refractivity contribution is 0.183. The van der Waals surface area contributed by atoms with Crippen LogP contribution in [0.5, 0.6) is 0 Å². The molecule has 1 atom stereocenters. The van der Waals surface area contributed by atoms with Gasteiger partial charge in [-0.3, -0.25) is 4.68 Å². The summed E-state index contributed by atoms with van der Waals surface area (Å²) in [5.74, 6) is 0. The van der Waals surface area contributed by atoms with Gasteiger partial charge in [0.25, 0.3) is 0 Å². The lowest BCUT2D eigenvalue weighted by Crippen LogP contribution is -2.07. The summed E-state index contributed by atoms with van der Waals surface area (Å²) in [5.41, 5.74) is 5.45. The van der Waals surface area contributed by atoms with E-state index in [-0.39, 0.29) is 6.04 Å². The fourth-order valence-electron chi connectivity index (χ4n) is 2.94. The predicted molar refractivity (Wildman–Crippen MR) is 84.6 cm³/mol. The normalized spacial score (nSPS) is 15.0. The average molecular weight is 285 g/mol. The molecule has 0 amide bonds. The smallest absolute Gasteiger partial charge is 0.0731 e. The Labute approximate surface area is 126 Å². The van der Waals surface area contributed by atoms with Crippen LogP contribution in [0, 0.1) is 0 Å². The average Bonchev–Trinajstić information content (AvgIpc) is 3.12. The molecule has 0 aliphatic heterocycles. The van der Waals surface area contributed by atoms with E-state index in [0.29, 0.717) is 6.61 Å². The maximum Gasteiger partial charge on any atom is 0.0731 e. The van der Waals surface area contributed by atoms with Crippen molar-refractivity contribution in [2.75, 3.05) is 19.0 Å². The van der Waals surface area contributed by atoms with Crippen LogP contribution in [0.15, 0.2) is 30.6 Å². The molecular formula is C17H23N3O. The minimum atomic E-state index is 0.288. The van der Waals surface area contributed by atoms with Gasteiger partial charge in [-0.25, -0.2) is 0 Å². The Balaban J connectivity index is 1.65. The summed E-state index contributed by atoms with van der Waals surface area (Å²) in [5, 5.41) is 7.85. The van der Waals surface area contributed by atoms with Crippen LogP contribution in [0.2, 0.25) is 0 Å². The van der Waals surface area contributed by atoms with Crippen LogP contribution in [0.1, 0.15) is 36.1 Å². The first kappa shape index (κ1) is 14.1. The molecule has 0 saturated heterocycles. The van der Waals surface area contributed by atoms with E-state index < -0.39 is 0 Å². The Morgan fingerprint density at radius 3 is 3.05 bits per heavy atom. The SMILES string of the molecule is COCCn1cc(NC(C)c2ccc3c(c2)CCC3)cn1. The fourth-order valence-corrected chi connectivity index (χ4v) is 2.94. The number of benzene rings is 1. The van der Waals surface area contributed by atoms with Crippen LogP contribution in [-0.2, 0) is 24.1 Å². The highest BCUT2D eigenvalue weighted by molar-refractivity contribution is 5.43. The summed E-state index contributed by atoms with van der Waals surface area (Å²) in [4.78, 5) is 0. The predicted octanol–water partition coefficient (Wildman–Crippen LogP) is 3.19. The molecule has 2 aromatic rings. The quantitative estimate of drug-likeness (QED) is 0.886. The van der Waals surface area contributed by atoms with Gasteiger partial charge in [0, 0.05) is 19.3 Å². The van der Waals surface area contributed by atoms with Gasteiger partial charge in [-0.1, -0.05) is 18.2 Å². The number of aryl methyl sites for hydroxylation is 2. The van der Waals surface area contributed by atoms with Crippen molar-refractivity contribution in [3.05, 3.63) is 47.3 Å². The molecule has 0 bridgehead atoms. The van der Waals surface area contributed by atoms with Gasteiger partial charge in [-0.15, -0.1) is 0 Å². The number of ether oxygens (including phenoxy) is 1. The Morgan fingerprint density at radius 1 is 1.33 bits per heavy atom. The highest BCUT2D eigenvalue weighted by Crippen LogP contribution is 2.26. The second-order valence-electron chi connectivity index (χ2n) is 5.73. The van der Waals surface area contributed by atoms with Crippen molar-refractivity contribution in [3.63, 3.8) is 0 Å². The van der Waals surface area contributed by atoms with Crippen molar-refractivity contribution in [2.45, 2.75) is 38.8 Å². The van der Waals surface area contributed by atoms with Crippen molar-refractivity contribution in [2.24, 2.45) is 0 Å². The molecular weight excluding hydrogens is 262 g/mol. The summed E-state index contributed by atoms with van der Waals surface area (Å²) >= 11 is 0. The van der Waals surface area contributed by atoms with Crippen LogP contribution >= 0.6 is 0 Å². The van der Waals surface area contributed by atoms with Crippen molar-refractivity contribution in [1.29, 1.82) is 0 Å². The van der Waals surface area contributed by atoms with Gasteiger partial charge in [-0.2, -0.15) is 5.10 Å². The molecule has 1 aliphatic carbocycles. The molecule has 21 heavy (non-hydrogen) atoms. The van der Waals surface area contributed by atoms with E-state index in [1.165, 1.54) is 36.0 Å². The van der Waals surface area contributed by atoms with E-state index in [0.717, 1.165) is 12.2 Å². The summed E-state index contributed by atoms with van der Waals surface area (Å²) in [6, 6.07) is 7.18. The molecule has 1 aromatic heterocycles. The maximum absolute atomic E-state index is 5.07. The molecule has 1 heterocycles. The molecule has 1 aliphatic rings. The second kappa shape index (κ2) is 6.31. The highest BCUT2D eigenvalue weighted by atomic mass is 16.5. The van der Waals surface area contributed by atoms with E-state index in [1.807, 2.05) is 17.1 Å². The number of fused-ring (bicyclic) bond motifs is 1. The molecule has 4 nitrogen and oxygen atoms in total. The van der Waals surface area contributed by atoms with Crippen LogP contribution in [-0.4, -0.2) is 23.5 Å². The number of methoxy groups -OCH3 is 1. The van der Waals surface area contributed by atoms with E-state index in [9.17, 15) is 0 Å². The van der Waals surface area contributed by atoms with Crippen molar-refractivity contribution in [3.8, 4) is 0 Å². The largest absolute Gasteiger partial charge is 0.383 e. The molecule has 112 valence electrons. The van der Waals surface area contributed by atoms with Gasteiger partial charge in [0.15, 0.2) is 0 Å². The van der Waals surface area contributed by atoms with Gasteiger partial charge < -0.3 is 10.1 Å². The first-order valence-electron chi connectivity index (χ1n) is 7.66. The lowest BCUT2D eigenvalue weighted by Gasteiger charge is -2.15. The Morgan fingerprint density at radius 2 is 2.19 bits per heavy atom. The number of hydrogen-bond acceptors (Lipinski definition) is 3. The summed E-state index contributed by atoms with van der Waals surface area (Å²) < 4.78 is 6.97. The third-order valence-electron chi connectivity index (χ3n) is 4.16. The zero-order chi connectivity index (χ0) is 14.7. The zero-order valence-electron chi connectivity index (χ0n) is 12.8. The third kappa shape index (κ3) is 3.27. The number of hydrogen-bond donors (Lipinski definition) is 1. The van der Waals surface area contributed by atoms with Crippen LogP contribution < -0.4 is 5.32 Å². The molecule has 4 heteroatoms. The number of aromatic nitrogens is 2. The molecule has 1 N–H and O–H groups in total. The summed E-state index contributed by atoms with van der Waals surface area (Å²) in [6.45, 7) is 3.66. The minimum absolute atomic E-state index is 0.288. The van der Waals surface area contributed by atoms with Crippen LogP contribution in [0.4, 0.5) is 5.69 Å². The topological polar surface area (TPSA) is 39.1 Å². The van der Waals surface area contributed by atoms with Gasteiger partial charge >= 0.3 is 0 Å². The number of nitrogens with one attached hydrogen (secondary N) is 1. The first-order chi connectivity index (χ1) is 10.3. The molecule has 0 saturated carbocycles. The fraction of sp³-hybridized carbons (Fsp3) is 0.471. The number of rotatable bonds is 6. The van der Waals surface area contributed by atoms with Gasteiger partial charge in [0.05, 0.1) is 25.0 Å². The molecule has 0 spiro atoms. The molecule has 3 rings (SSSR count). The Kier molecular flexibility index (Phi) is 4.25. The van der Waals surface area contributed by atoms with Gasteiger partial charge in [-0.05, 0) is 42.9 Å². The van der Waals surface area contributed by atoms with E-state index in [2.05, 4.69) is 35.5 Å². The number of anilines is 1. The van der Waals surface area contributed by atoms with Crippen molar-refractivity contribution < 1.29 is 4.74 Å². The molecule has 0 fully saturated rings. The number of nitrogens with zero attached hydrogens (tertiary/aromatic N) is 2. The standard InChI is InChI=1S/C17H23N3O/c1-13(15-7-6-14-4-3-5-16(14)10-15)19-17-11-18-20(12-17)8-9-21-2/h6-7,10-13,19H,3-5,8-9H2,1-2H3. The van der Waals surface area contributed by atoms with Crippen LogP contribution in [0.25, 0.3) is 0 Å². The van der Waals surface area contributed by atoms with Crippen molar-refractivity contribution in [1.82, 2.24) is 9.78 Å². The van der Waals surface area contributed by atoms with Gasteiger partial charge in [0.2, 0.25) is 0 Å². The first-order valence-corrected chi connectivity index (χ1v) is 7.66. The van der Waals surface area contributed by atoms with E-state index >= 15 is 0 Å². The molecule has 1 unspecified atom stereocenters. The minimum Gasteiger partial charge on any atom is -0.383 e.